The highest BCUT2D eigenvalue weighted by molar-refractivity contribution is 6.31. The number of morpholine rings is 1. The zero-order valence-electron chi connectivity index (χ0n) is 25.0. The van der Waals surface area contributed by atoms with E-state index in [1.807, 2.05) is 6.92 Å². The number of aromatic hydroxyl groups is 2. The summed E-state index contributed by atoms with van der Waals surface area (Å²) in [4.78, 5) is 42.8. The van der Waals surface area contributed by atoms with Crippen molar-refractivity contribution in [3.63, 3.8) is 0 Å². The molecule has 3 saturated heterocycles. The number of phenolic OH excluding ortho intramolecular Hbond substituents is 2. The van der Waals surface area contributed by atoms with Gasteiger partial charge >= 0.3 is 0 Å². The van der Waals surface area contributed by atoms with Gasteiger partial charge in [0.1, 0.15) is 35.6 Å². The van der Waals surface area contributed by atoms with Gasteiger partial charge < -0.3 is 44.1 Å². The van der Waals surface area contributed by atoms with Crippen molar-refractivity contribution >= 4 is 17.3 Å². The largest absolute Gasteiger partial charge is 0.507 e. The minimum atomic E-state index is -2.15. The second-order valence-corrected chi connectivity index (χ2v) is 12.4. The van der Waals surface area contributed by atoms with Crippen LogP contribution in [0.2, 0.25) is 0 Å². The topological polar surface area (TPSA) is 182 Å². The minimum absolute atomic E-state index is 0.0123. The Kier molecular flexibility index (Phi) is 7.28. The molecule has 45 heavy (non-hydrogen) atoms. The highest BCUT2D eigenvalue weighted by Crippen LogP contribution is 2.54. The van der Waals surface area contributed by atoms with Crippen LogP contribution in [0.15, 0.2) is 18.2 Å². The average Bonchev–Trinajstić information content (AvgIpc) is 3.43. The number of carbonyl (C=O) groups is 3. The molecule has 13 heteroatoms. The van der Waals surface area contributed by atoms with Crippen LogP contribution < -0.4 is 4.74 Å². The molecule has 2 aromatic rings. The van der Waals surface area contributed by atoms with Gasteiger partial charge in [-0.2, -0.15) is 0 Å². The summed E-state index contributed by atoms with van der Waals surface area (Å²) in [5.41, 5.74) is -2.92. The van der Waals surface area contributed by atoms with Gasteiger partial charge in [0.2, 0.25) is 5.78 Å². The lowest BCUT2D eigenvalue weighted by atomic mass is 9.66. The minimum Gasteiger partial charge on any atom is -0.507 e. The fourth-order valence-corrected chi connectivity index (χ4v) is 8.07. The second kappa shape index (κ2) is 10.8. The molecule has 0 radical (unpaired) electrons. The molecule has 240 valence electrons. The van der Waals surface area contributed by atoms with Crippen LogP contribution >= 0.6 is 0 Å². The van der Waals surface area contributed by atoms with Crippen LogP contribution in [0.25, 0.3) is 0 Å². The Morgan fingerprint density at radius 1 is 1.09 bits per heavy atom. The molecule has 0 amide bonds. The number of ketones is 3. The van der Waals surface area contributed by atoms with Crippen molar-refractivity contribution in [2.24, 2.45) is 0 Å². The number of aliphatic hydroxyl groups is 2. The molecule has 4 N–H and O–H groups in total. The quantitative estimate of drug-likeness (QED) is 0.292. The Morgan fingerprint density at radius 2 is 1.84 bits per heavy atom. The number of carbonyl (C=O) groups excluding carboxylic acids is 3. The van der Waals surface area contributed by atoms with Gasteiger partial charge in [-0.25, -0.2) is 0 Å². The van der Waals surface area contributed by atoms with E-state index in [1.54, 1.807) is 0 Å². The van der Waals surface area contributed by atoms with E-state index >= 15 is 0 Å². The maximum absolute atomic E-state index is 14.0. The van der Waals surface area contributed by atoms with Crippen LogP contribution in [0.4, 0.5) is 0 Å². The van der Waals surface area contributed by atoms with Crippen molar-refractivity contribution in [1.82, 2.24) is 4.90 Å². The first-order valence-electron chi connectivity index (χ1n) is 15.0. The number of phenols is 2. The van der Waals surface area contributed by atoms with Crippen molar-refractivity contribution in [2.45, 2.75) is 74.6 Å². The number of ether oxygens (including phenoxy) is 5. The van der Waals surface area contributed by atoms with E-state index in [2.05, 4.69) is 4.90 Å². The van der Waals surface area contributed by atoms with Crippen molar-refractivity contribution in [3.05, 3.63) is 51.6 Å². The number of aliphatic hydroxyl groups excluding tert-OH is 1. The lowest BCUT2D eigenvalue weighted by molar-refractivity contribution is -0.246. The van der Waals surface area contributed by atoms with Gasteiger partial charge in [-0.1, -0.05) is 12.1 Å². The Labute approximate surface area is 258 Å². The Hall–Kier alpha value is -3.43. The zero-order chi connectivity index (χ0) is 31.9. The van der Waals surface area contributed by atoms with E-state index in [4.69, 9.17) is 23.7 Å². The molecule has 3 heterocycles. The first-order valence-corrected chi connectivity index (χ1v) is 15.0. The molecule has 3 fully saturated rings. The highest BCUT2D eigenvalue weighted by Gasteiger charge is 2.57. The maximum Gasteiger partial charge on any atom is 0.202 e. The highest BCUT2D eigenvalue weighted by atomic mass is 16.7. The monoisotopic (exact) mass is 625 g/mol. The second-order valence-electron chi connectivity index (χ2n) is 12.4. The van der Waals surface area contributed by atoms with Crippen LogP contribution in [-0.4, -0.2) is 119 Å². The van der Waals surface area contributed by atoms with Gasteiger partial charge in [-0.3, -0.25) is 19.3 Å². The lowest BCUT2D eigenvalue weighted by Gasteiger charge is -2.46. The van der Waals surface area contributed by atoms with E-state index in [0.717, 1.165) is 0 Å². The predicted molar refractivity (Wildman–Crippen MR) is 153 cm³/mol. The summed E-state index contributed by atoms with van der Waals surface area (Å²) >= 11 is 0. The molecular weight excluding hydrogens is 590 g/mol. The zero-order valence-corrected chi connectivity index (χ0v) is 25.0. The van der Waals surface area contributed by atoms with Crippen LogP contribution in [-0.2, 0) is 30.2 Å². The first kappa shape index (κ1) is 30.2. The summed E-state index contributed by atoms with van der Waals surface area (Å²) in [6.45, 7) is 1.86. The molecule has 7 rings (SSSR count). The van der Waals surface area contributed by atoms with Gasteiger partial charge in [0.05, 0.1) is 42.6 Å². The molecule has 2 aliphatic carbocycles. The van der Waals surface area contributed by atoms with Crippen molar-refractivity contribution in [3.8, 4) is 17.2 Å². The molecule has 3 aliphatic heterocycles. The fourth-order valence-electron chi connectivity index (χ4n) is 8.07. The molecule has 5 aliphatic rings. The van der Waals surface area contributed by atoms with Crippen molar-refractivity contribution in [2.75, 3.05) is 34.0 Å². The van der Waals surface area contributed by atoms with Gasteiger partial charge in [0.15, 0.2) is 24.1 Å². The Bertz CT molecular complexity index is 1610. The molecule has 8 atom stereocenters. The van der Waals surface area contributed by atoms with Gasteiger partial charge in [0, 0.05) is 48.7 Å². The van der Waals surface area contributed by atoms with E-state index < -0.39 is 83.7 Å². The number of hydrogen-bond acceptors (Lipinski definition) is 13. The average molecular weight is 626 g/mol. The summed E-state index contributed by atoms with van der Waals surface area (Å²) in [5, 5.41) is 45.0. The van der Waals surface area contributed by atoms with Crippen molar-refractivity contribution < 1.29 is 58.5 Å². The maximum atomic E-state index is 14.0. The summed E-state index contributed by atoms with van der Waals surface area (Å²) in [5.74, 6) is -4.22. The molecule has 0 aromatic heterocycles. The third-order valence-electron chi connectivity index (χ3n) is 10.1. The normalized spacial score (nSPS) is 33.9. The van der Waals surface area contributed by atoms with Crippen LogP contribution in [0.1, 0.15) is 68.7 Å². The lowest BCUT2D eigenvalue weighted by Crippen LogP contribution is -2.56. The number of fused-ring (bicyclic) bond motifs is 6. The van der Waals surface area contributed by atoms with Gasteiger partial charge in [-0.15, -0.1) is 0 Å². The standard InChI is InChI=1S/C32H35NO12/c1-13-29-17(33-7-8-43-31(42-3)30(33)45-29)9-19(44-13)15-10-32(40,20(35)12-34)11-16-21(15)27(38)24-23(26(16)37)25(36)14-5-4-6-18(41-2)22(14)28(24)39/h4-6,13,15,17,19,29-31,34,37-38,40H,7-12H2,1-3H3/t13-,15?,17+,19-,29+,30+,31-,32+/m0/s1. The molecule has 0 bridgehead atoms. The molecule has 0 saturated carbocycles. The van der Waals surface area contributed by atoms with Gasteiger partial charge in [0.25, 0.3) is 0 Å². The number of methoxy groups -OCH3 is 2. The van der Waals surface area contributed by atoms with E-state index in [-0.39, 0.29) is 52.1 Å². The molecule has 0 spiro atoms. The van der Waals surface area contributed by atoms with E-state index in [0.29, 0.717) is 19.6 Å². The number of nitrogens with zero attached hydrogens (tertiary/aromatic N) is 1. The summed E-state index contributed by atoms with van der Waals surface area (Å²) in [6.07, 6.45) is -3.05. The third kappa shape index (κ3) is 4.29. The smallest absolute Gasteiger partial charge is 0.202 e. The molecule has 13 nitrogen and oxygen atoms in total. The van der Waals surface area contributed by atoms with Crippen LogP contribution in [0.5, 0.6) is 17.2 Å². The van der Waals surface area contributed by atoms with Gasteiger partial charge in [-0.05, 0) is 25.8 Å². The Balaban J connectivity index is 1.37. The number of rotatable bonds is 5. The van der Waals surface area contributed by atoms with Crippen molar-refractivity contribution in [1.29, 1.82) is 0 Å². The fraction of sp³-hybridized carbons (Fsp3) is 0.531. The SMILES string of the molecule is COc1cccc2c1C(=O)c1c(O)c3c(c(O)c1C2=O)C[C@@](O)(C(=O)CO)CC3[C@@H]1C[C@@H]2[C@H](O[C@@H]3[C@@H](OC)OCCN23)[C@H](C)O1. The third-order valence-corrected chi connectivity index (χ3v) is 10.1. The number of hydrogen-bond donors (Lipinski definition) is 4. The van der Waals surface area contributed by atoms with E-state index in [9.17, 15) is 34.8 Å². The number of Topliss-reactive ketones (excluding diaryl/α,β-unsaturated/α-hetero) is 1. The summed E-state index contributed by atoms with van der Waals surface area (Å²) in [6, 6.07) is 4.31. The Morgan fingerprint density at radius 3 is 2.56 bits per heavy atom. The van der Waals surface area contributed by atoms with E-state index in [1.165, 1.54) is 32.4 Å². The van der Waals surface area contributed by atoms with Crippen LogP contribution in [0, 0.1) is 0 Å². The summed E-state index contributed by atoms with van der Waals surface area (Å²) in [7, 11) is 2.90. The summed E-state index contributed by atoms with van der Waals surface area (Å²) < 4.78 is 29.4. The molecule has 2 aromatic carbocycles. The predicted octanol–water partition coefficient (Wildman–Crippen LogP) is 0.780. The first-order chi connectivity index (χ1) is 21.5. The number of benzene rings is 2. The molecule has 1 unspecified atom stereocenters. The van der Waals surface area contributed by atoms with Crippen LogP contribution in [0.3, 0.4) is 0 Å². The molecular formula is C32H35NO12.